The molecular formula is C31H58O9. The van der Waals surface area contributed by atoms with E-state index in [0.717, 1.165) is 38.5 Å². The molecule has 1 rings (SSSR count). The maximum Gasteiger partial charge on any atom is 0.307 e. The molecule has 0 aliphatic carbocycles. The minimum absolute atomic E-state index is 0.276. The normalized spacial score (nSPS) is 22.8. The van der Waals surface area contributed by atoms with E-state index in [2.05, 4.69) is 13.8 Å². The number of unbranched alkanes of at least 4 members (excludes halogenated alkanes) is 16. The van der Waals surface area contributed by atoms with Crippen LogP contribution < -0.4 is 0 Å². The van der Waals surface area contributed by atoms with Crippen LogP contribution in [-0.4, -0.2) is 71.4 Å². The number of aliphatic hydroxyl groups excluding tert-OH is 3. The third-order valence-electron chi connectivity index (χ3n) is 7.50. The maximum absolute atomic E-state index is 12.1. The van der Waals surface area contributed by atoms with Crippen LogP contribution in [0.15, 0.2) is 0 Å². The third-order valence-corrected chi connectivity index (χ3v) is 7.50. The summed E-state index contributed by atoms with van der Waals surface area (Å²) in [5.41, 5.74) is 0. The molecular weight excluding hydrogens is 516 g/mol. The van der Waals surface area contributed by atoms with Gasteiger partial charge in [-0.05, 0) is 12.8 Å². The van der Waals surface area contributed by atoms with Crippen LogP contribution in [0.25, 0.3) is 0 Å². The second-order valence-electron chi connectivity index (χ2n) is 11.2. The number of carbonyl (C=O) groups excluding carboxylic acids is 2. The zero-order valence-corrected chi connectivity index (χ0v) is 25.2. The van der Waals surface area contributed by atoms with E-state index in [-0.39, 0.29) is 19.4 Å². The van der Waals surface area contributed by atoms with Crippen LogP contribution in [0.1, 0.15) is 142 Å². The average Bonchev–Trinajstić information content (AvgIpc) is 2.94. The van der Waals surface area contributed by atoms with Crippen LogP contribution in [-0.2, 0) is 28.5 Å². The van der Waals surface area contributed by atoms with Gasteiger partial charge in [0.15, 0.2) is 13.1 Å². The Morgan fingerprint density at radius 1 is 0.575 bits per heavy atom. The zero-order valence-electron chi connectivity index (χ0n) is 25.2. The van der Waals surface area contributed by atoms with E-state index in [1.165, 1.54) is 77.0 Å². The van der Waals surface area contributed by atoms with E-state index in [1.54, 1.807) is 0 Å². The Morgan fingerprint density at radius 2 is 1.00 bits per heavy atom. The standard InChI is InChI=1S/C31H58O9/c1-3-5-7-9-11-13-15-17-19-21-26(32)37-23-25-28(34)29(35)30(36)31(40-25)39-24-38-27(33)22-20-18-16-14-12-10-8-6-4-2/h25,28-31,34-36H,3-24H2,1-2H3/t25-,28-,29+,30-,31+/m1/s1. The van der Waals surface area contributed by atoms with E-state index in [4.69, 9.17) is 18.9 Å². The predicted molar refractivity (Wildman–Crippen MR) is 153 cm³/mol. The molecule has 0 aromatic heterocycles. The Balaban J connectivity index is 2.18. The van der Waals surface area contributed by atoms with Crippen LogP contribution in [0, 0.1) is 0 Å². The summed E-state index contributed by atoms with van der Waals surface area (Å²) in [7, 11) is 0. The third kappa shape index (κ3) is 17.5. The molecule has 0 aromatic carbocycles. The summed E-state index contributed by atoms with van der Waals surface area (Å²) < 4.78 is 21.2. The summed E-state index contributed by atoms with van der Waals surface area (Å²) in [6.07, 6.45) is 14.2. The van der Waals surface area contributed by atoms with E-state index in [0.29, 0.717) is 0 Å². The quantitative estimate of drug-likeness (QED) is 0.0714. The van der Waals surface area contributed by atoms with Crippen LogP contribution in [0.5, 0.6) is 0 Å². The van der Waals surface area contributed by atoms with Gasteiger partial charge in [-0.2, -0.15) is 0 Å². The molecule has 1 saturated heterocycles. The Bertz CT molecular complexity index is 628. The fraction of sp³-hybridized carbons (Fsp3) is 0.935. The zero-order chi connectivity index (χ0) is 29.4. The summed E-state index contributed by atoms with van der Waals surface area (Å²) in [4.78, 5) is 24.1. The molecule has 0 unspecified atom stereocenters. The molecule has 1 fully saturated rings. The molecule has 3 N–H and O–H groups in total. The Kier molecular flexibility index (Phi) is 22.4. The number of ether oxygens (including phenoxy) is 4. The van der Waals surface area contributed by atoms with Crippen molar-refractivity contribution in [3.05, 3.63) is 0 Å². The van der Waals surface area contributed by atoms with Crippen LogP contribution in [0.4, 0.5) is 0 Å². The number of esters is 2. The van der Waals surface area contributed by atoms with E-state index in [9.17, 15) is 24.9 Å². The van der Waals surface area contributed by atoms with Gasteiger partial charge in [0.25, 0.3) is 0 Å². The second kappa shape index (κ2) is 24.3. The largest absolute Gasteiger partial charge is 0.463 e. The topological polar surface area (TPSA) is 132 Å². The van der Waals surface area contributed by atoms with Crippen LogP contribution in [0.3, 0.4) is 0 Å². The highest BCUT2D eigenvalue weighted by molar-refractivity contribution is 5.69. The highest BCUT2D eigenvalue weighted by Gasteiger charge is 2.45. The fourth-order valence-corrected chi connectivity index (χ4v) is 4.84. The smallest absolute Gasteiger partial charge is 0.307 e. The molecule has 9 nitrogen and oxygen atoms in total. The number of hydrogen-bond acceptors (Lipinski definition) is 9. The Hall–Kier alpha value is -1.26. The van der Waals surface area contributed by atoms with Crippen LogP contribution >= 0.6 is 0 Å². The summed E-state index contributed by atoms with van der Waals surface area (Å²) in [5.74, 6) is -0.807. The molecule has 0 aromatic rings. The summed E-state index contributed by atoms with van der Waals surface area (Å²) in [6.45, 7) is 3.68. The molecule has 0 amide bonds. The van der Waals surface area contributed by atoms with Gasteiger partial charge in [-0.3, -0.25) is 9.59 Å². The van der Waals surface area contributed by atoms with Gasteiger partial charge in [-0.25, -0.2) is 0 Å². The van der Waals surface area contributed by atoms with Crippen molar-refractivity contribution in [1.82, 2.24) is 0 Å². The number of hydrogen-bond donors (Lipinski definition) is 3. The summed E-state index contributed by atoms with van der Waals surface area (Å²) >= 11 is 0. The lowest BCUT2D eigenvalue weighted by Crippen LogP contribution is -2.59. The first-order chi connectivity index (χ1) is 19.4. The van der Waals surface area contributed by atoms with Gasteiger partial charge in [-0.15, -0.1) is 0 Å². The van der Waals surface area contributed by atoms with Gasteiger partial charge in [0.1, 0.15) is 31.0 Å². The van der Waals surface area contributed by atoms with Crippen molar-refractivity contribution < 1.29 is 43.9 Å². The fourth-order valence-electron chi connectivity index (χ4n) is 4.84. The van der Waals surface area contributed by atoms with Gasteiger partial charge in [0.05, 0.1) is 0 Å². The number of aliphatic hydroxyl groups is 3. The highest BCUT2D eigenvalue weighted by Crippen LogP contribution is 2.23. The van der Waals surface area contributed by atoms with Crippen molar-refractivity contribution in [2.24, 2.45) is 0 Å². The Labute approximate surface area is 242 Å². The van der Waals surface area contributed by atoms with Gasteiger partial charge >= 0.3 is 11.9 Å². The summed E-state index contributed by atoms with van der Waals surface area (Å²) in [6, 6.07) is 0. The SMILES string of the molecule is CCCCCCCCCCCC(=O)OCO[C@H]1O[C@H](COC(=O)CCCCCCCCCCC)[C@@H](O)[C@H](O)[C@H]1O. The lowest BCUT2D eigenvalue weighted by atomic mass is 9.99. The molecule has 0 saturated carbocycles. The molecule has 1 heterocycles. The molecule has 236 valence electrons. The van der Waals surface area contributed by atoms with Crippen molar-refractivity contribution in [2.75, 3.05) is 13.4 Å². The maximum atomic E-state index is 12.1. The minimum atomic E-state index is -1.56. The van der Waals surface area contributed by atoms with Gasteiger partial charge in [0, 0.05) is 12.8 Å². The first kappa shape index (κ1) is 36.8. The monoisotopic (exact) mass is 574 g/mol. The molecule has 1 aliphatic heterocycles. The first-order valence-electron chi connectivity index (χ1n) is 16.0. The molecule has 0 radical (unpaired) electrons. The predicted octanol–water partition coefficient (Wildman–Crippen LogP) is 5.70. The highest BCUT2D eigenvalue weighted by atomic mass is 16.8. The minimum Gasteiger partial charge on any atom is -0.463 e. The average molecular weight is 575 g/mol. The van der Waals surface area contributed by atoms with Crippen LogP contribution in [0.2, 0.25) is 0 Å². The van der Waals surface area contributed by atoms with Crippen molar-refractivity contribution in [3.8, 4) is 0 Å². The van der Waals surface area contributed by atoms with Crippen molar-refractivity contribution in [1.29, 1.82) is 0 Å². The summed E-state index contributed by atoms with van der Waals surface area (Å²) in [5, 5.41) is 30.6. The molecule has 9 heteroatoms. The molecule has 0 bridgehead atoms. The van der Waals surface area contributed by atoms with Crippen molar-refractivity contribution >= 4 is 11.9 Å². The Morgan fingerprint density at radius 3 is 1.48 bits per heavy atom. The number of carbonyl (C=O) groups is 2. The number of rotatable bonds is 25. The second-order valence-corrected chi connectivity index (χ2v) is 11.2. The van der Waals surface area contributed by atoms with Crippen molar-refractivity contribution in [2.45, 2.75) is 173 Å². The van der Waals surface area contributed by atoms with Gasteiger partial charge in [0.2, 0.25) is 0 Å². The van der Waals surface area contributed by atoms with Gasteiger partial charge < -0.3 is 34.3 Å². The van der Waals surface area contributed by atoms with Gasteiger partial charge in [-0.1, -0.05) is 117 Å². The lowest BCUT2D eigenvalue weighted by Gasteiger charge is -2.39. The molecule has 0 spiro atoms. The molecule has 5 atom stereocenters. The van der Waals surface area contributed by atoms with E-state index in [1.807, 2.05) is 0 Å². The van der Waals surface area contributed by atoms with E-state index < -0.39 is 49.4 Å². The van der Waals surface area contributed by atoms with E-state index >= 15 is 0 Å². The molecule has 40 heavy (non-hydrogen) atoms. The first-order valence-corrected chi connectivity index (χ1v) is 16.0. The van der Waals surface area contributed by atoms with Crippen molar-refractivity contribution in [3.63, 3.8) is 0 Å². The molecule has 1 aliphatic rings. The lowest BCUT2D eigenvalue weighted by molar-refractivity contribution is -0.314.